The van der Waals surface area contributed by atoms with Crippen molar-refractivity contribution in [2.75, 3.05) is 18.6 Å². The number of carbonyl (C=O) groups excluding carboxylic acids is 1. The number of rotatable bonds is 6. The van der Waals surface area contributed by atoms with Crippen molar-refractivity contribution in [1.29, 1.82) is 0 Å². The molecule has 98 valence electrons. The molecule has 0 saturated carbocycles. The maximum Gasteiger partial charge on any atom is 0.224 e. The van der Waals surface area contributed by atoms with E-state index in [1.165, 1.54) is 0 Å². The number of hydrogen-bond donors (Lipinski definition) is 2. The summed E-state index contributed by atoms with van der Waals surface area (Å²) in [5, 5.41) is 2.72. The Labute approximate surface area is 114 Å². The zero-order valence-corrected chi connectivity index (χ0v) is 11.8. The summed E-state index contributed by atoms with van der Waals surface area (Å²) in [5.74, 6) is 0.398. The lowest BCUT2D eigenvalue weighted by atomic mass is 10.1. The van der Waals surface area contributed by atoms with Crippen LogP contribution in [-0.2, 0) is 22.0 Å². The number of nitrogens with one attached hydrogen (secondary N) is 1. The van der Waals surface area contributed by atoms with Gasteiger partial charge < -0.3 is 11.1 Å². The van der Waals surface area contributed by atoms with Crippen LogP contribution >= 0.6 is 12.2 Å². The molecular formula is C12H16N2O2S2. The third-order valence-electron chi connectivity index (χ3n) is 2.31. The highest BCUT2D eigenvalue weighted by atomic mass is 32.2. The molecule has 0 aliphatic rings. The minimum absolute atomic E-state index is 0.0801. The van der Waals surface area contributed by atoms with Crippen LogP contribution in [0.15, 0.2) is 24.3 Å². The van der Waals surface area contributed by atoms with Gasteiger partial charge in [0, 0.05) is 34.9 Å². The van der Waals surface area contributed by atoms with Gasteiger partial charge in [0.1, 0.15) is 4.99 Å². The van der Waals surface area contributed by atoms with Crippen molar-refractivity contribution in [3.05, 3.63) is 35.4 Å². The van der Waals surface area contributed by atoms with Gasteiger partial charge in [-0.15, -0.1) is 0 Å². The molecule has 1 unspecified atom stereocenters. The number of thiocarbonyl (C=S) groups is 1. The third-order valence-corrected chi connectivity index (χ3v) is 3.33. The molecule has 0 heterocycles. The van der Waals surface area contributed by atoms with Gasteiger partial charge in [-0.25, -0.2) is 0 Å². The summed E-state index contributed by atoms with van der Waals surface area (Å²) in [5.41, 5.74) is 7.16. The minimum atomic E-state index is -0.880. The van der Waals surface area contributed by atoms with Gasteiger partial charge in [0.05, 0.1) is 6.42 Å². The molecule has 0 aromatic heterocycles. The number of amides is 1. The summed E-state index contributed by atoms with van der Waals surface area (Å²) >= 11 is 4.84. The lowest BCUT2D eigenvalue weighted by Crippen LogP contribution is -2.28. The standard InChI is InChI=1S/C12H16N2O2S2/c1-18(16)7-6-14-11(15)8-9-2-4-10(5-3-9)12(13)17/h2-5H,6-8H2,1H3,(H2,13,17)(H,14,15). The second kappa shape index (κ2) is 7.23. The first-order chi connectivity index (χ1) is 8.49. The average molecular weight is 284 g/mol. The van der Waals surface area contributed by atoms with Crippen LogP contribution in [-0.4, -0.2) is 33.7 Å². The van der Waals surface area contributed by atoms with Crippen molar-refractivity contribution in [3.63, 3.8) is 0 Å². The van der Waals surface area contributed by atoms with Crippen molar-refractivity contribution in [1.82, 2.24) is 5.32 Å². The molecule has 1 aromatic carbocycles. The highest BCUT2D eigenvalue weighted by Crippen LogP contribution is 2.05. The SMILES string of the molecule is CS(=O)CCNC(=O)Cc1ccc(C(N)=S)cc1. The molecule has 1 atom stereocenters. The topological polar surface area (TPSA) is 72.2 Å². The number of carbonyl (C=O) groups is 1. The van der Waals surface area contributed by atoms with Crippen molar-refractivity contribution in [2.24, 2.45) is 5.73 Å². The second-order valence-electron chi connectivity index (χ2n) is 3.87. The van der Waals surface area contributed by atoms with Gasteiger partial charge >= 0.3 is 0 Å². The van der Waals surface area contributed by atoms with E-state index in [2.05, 4.69) is 5.32 Å². The molecule has 0 aliphatic carbocycles. The Morgan fingerprint density at radius 2 is 2.00 bits per heavy atom. The molecule has 0 fully saturated rings. The Bertz CT molecular complexity index is 458. The lowest BCUT2D eigenvalue weighted by Gasteiger charge is -2.05. The molecule has 4 nitrogen and oxygen atoms in total. The highest BCUT2D eigenvalue weighted by Gasteiger charge is 2.04. The lowest BCUT2D eigenvalue weighted by molar-refractivity contribution is -0.120. The van der Waals surface area contributed by atoms with Crippen LogP contribution in [0.25, 0.3) is 0 Å². The summed E-state index contributed by atoms with van der Waals surface area (Å²) in [6.45, 7) is 0.437. The second-order valence-corrected chi connectivity index (χ2v) is 5.86. The van der Waals surface area contributed by atoms with Gasteiger partial charge in [-0.2, -0.15) is 0 Å². The Hall–Kier alpha value is -1.27. The number of nitrogens with two attached hydrogens (primary N) is 1. The van der Waals surface area contributed by atoms with Crippen LogP contribution in [0, 0.1) is 0 Å². The van der Waals surface area contributed by atoms with Crippen LogP contribution in [0.3, 0.4) is 0 Å². The number of hydrogen-bond acceptors (Lipinski definition) is 3. The van der Waals surface area contributed by atoms with Crippen LogP contribution in [0.2, 0.25) is 0 Å². The predicted octanol–water partition coefficient (Wildman–Crippen LogP) is 0.358. The van der Waals surface area contributed by atoms with Crippen LogP contribution in [0.4, 0.5) is 0 Å². The predicted molar refractivity (Wildman–Crippen MR) is 78.0 cm³/mol. The fourth-order valence-corrected chi connectivity index (χ4v) is 1.89. The summed E-state index contributed by atoms with van der Waals surface area (Å²) in [6, 6.07) is 7.25. The molecule has 0 spiro atoms. The molecule has 1 rings (SSSR count). The Morgan fingerprint density at radius 3 is 2.50 bits per heavy atom. The van der Waals surface area contributed by atoms with Crippen molar-refractivity contribution >= 4 is 33.9 Å². The molecule has 1 aromatic rings. The molecular weight excluding hydrogens is 268 g/mol. The van der Waals surface area contributed by atoms with E-state index in [1.807, 2.05) is 12.1 Å². The molecule has 1 amide bonds. The monoisotopic (exact) mass is 284 g/mol. The Balaban J connectivity index is 2.44. The zero-order chi connectivity index (χ0) is 13.5. The van der Waals surface area contributed by atoms with E-state index in [0.29, 0.717) is 23.7 Å². The van der Waals surface area contributed by atoms with Crippen molar-refractivity contribution < 1.29 is 9.00 Å². The highest BCUT2D eigenvalue weighted by molar-refractivity contribution is 7.84. The summed E-state index contributed by atoms with van der Waals surface area (Å²) < 4.78 is 10.8. The maximum atomic E-state index is 11.6. The number of benzene rings is 1. The summed E-state index contributed by atoms with van der Waals surface area (Å²) in [6.07, 6.45) is 1.91. The summed E-state index contributed by atoms with van der Waals surface area (Å²) in [7, 11) is -0.880. The Morgan fingerprint density at radius 1 is 1.39 bits per heavy atom. The smallest absolute Gasteiger partial charge is 0.224 e. The zero-order valence-electron chi connectivity index (χ0n) is 10.1. The molecule has 3 N–H and O–H groups in total. The molecule has 0 aliphatic heterocycles. The van der Waals surface area contributed by atoms with E-state index in [9.17, 15) is 9.00 Å². The first kappa shape index (κ1) is 14.8. The first-order valence-corrected chi connectivity index (χ1v) is 7.58. The van der Waals surface area contributed by atoms with E-state index in [0.717, 1.165) is 11.1 Å². The van der Waals surface area contributed by atoms with Crippen LogP contribution in [0.1, 0.15) is 11.1 Å². The fraction of sp³-hybridized carbons (Fsp3) is 0.333. The van der Waals surface area contributed by atoms with E-state index in [1.54, 1.807) is 18.4 Å². The largest absolute Gasteiger partial charge is 0.389 e. The quantitative estimate of drug-likeness (QED) is 0.740. The first-order valence-electron chi connectivity index (χ1n) is 5.44. The van der Waals surface area contributed by atoms with Gasteiger partial charge in [0.2, 0.25) is 5.91 Å². The molecule has 6 heteroatoms. The van der Waals surface area contributed by atoms with Gasteiger partial charge in [-0.3, -0.25) is 9.00 Å². The van der Waals surface area contributed by atoms with E-state index >= 15 is 0 Å². The van der Waals surface area contributed by atoms with Crippen molar-refractivity contribution in [3.8, 4) is 0 Å². The molecule has 0 radical (unpaired) electrons. The van der Waals surface area contributed by atoms with E-state index in [4.69, 9.17) is 18.0 Å². The minimum Gasteiger partial charge on any atom is -0.389 e. The molecule has 0 saturated heterocycles. The molecule has 18 heavy (non-hydrogen) atoms. The molecule has 0 bridgehead atoms. The summed E-state index contributed by atoms with van der Waals surface area (Å²) in [4.78, 5) is 11.9. The fourth-order valence-electron chi connectivity index (χ4n) is 1.37. The normalized spacial score (nSPS) is 11.8. The van der Waals surface area contributed by atoms with Crippen LogP contribution < -0.4 is 11.1 Å². The van der Waals surface area contributed by atoms with Gasteiger partial charge in [-0.05, 0) is 5.56 Å². The van der Waals surface area contributed by atoms with Gasteiger partial charge in [-0.1, -0.05) is 36.5 Å². The van der Waals surface area contributed by atoms with E-state index < -0.39 is 10.8 Å². The third kappa shape index (κ3) is 5.37. The average Bonchev–Trinajstić information content (AvgIpc) is 2.29. The Kier molecular flexibility index (Phi) is 5.94. The maximum absolute atomic E-state index is 11.6. The van der Waals surface area contributed by atoms with Crippen LogP contribution in [0.5, 0.6) is 0 Å². The van der Waals surface area contributed by atoms with Gasteiger partial charge in [0.25, 0.3) is 0 Å². The van der Waals surface area contributed by atoms with Gasteiger partial charge in [0.15, 0.2) is 0 Å². The van der Waals surface area contributed by atoms with E-state index in [-0.39, 0.29) is 5.91 Å². The van der Waals surface area contributed by atoms with Crippen molar-refractivity contribution in [2.45, 2.75) is 6.42 Å².